The highest BCUT2D eigenvalue weighted by Crippen LogP contribution is 2.37. The molecule has 0 bridgehead atoms. The van der Waals surface area contributed by atoms with Gasteiger partial charge in [-0.2, -0.15) is 0 Å². The van der Waals surface area contributed by atoms with Crippen LogP contribution in [-0.4, -0.2) is 55.6 Å². The van der Waals surface area contributed by atoms with Crippen LogP contribution in [0.5, 0.6) is 5.75 Å². The monoisotopic (exact) mass is 405 g/mol. The summed E-state index contributed by atoms with van der Waals surface area (Å²) in [7, 11) is 3.75. The molecule has 0 spiro atoms. The number of hydrogen-bond donors (Lipinski definition) is 1. The Labute approximate surface area is 176 Å². The molecular formula is C24H27N3O3. The van der Waals surface area contributed by atoms with Crippen LogP contribution in [0.15, 0.2) is 47.5 Å². The van der Waals surface area contributed by atoms with Crippen molar-refractivity contribution in [3.05, 3.63) is 59.2 Å². The largest absolute Gasteiger partial charge is 0.497 e. The summed E-state index contributed by atoms with van der Waals surface area (Å²) in [6, 6.07) is 13.2. The van der Waals surface area contributed by atoms with Gasteiger partial charge < -0.3 is 15.0 Å². The van der Waals surface area contributed by atoms with Crippen molar-refractivity contribution in [2.75, 3.05) is 32.6 Å². The highest BCUT2D eigenvalue weighted by molar-refractivity contribution is 6.24. The molecule has 0 aliphatic carbocycles. The van der Waals surface area contributed by atoms with Gasteiger partial charge in [0.25, 0.3) is 0 Å². The van der Waals surface area contributed by atoms with E-state index in [0.717, 1.165) is 54.2 Å². The van der Waals surface area contributed by atoms with Crippen LogP contribution in [0, 0.1) is 0 Å². The lowest BCUT2D eigenvalue weighted by atomic mass is 9.89. The molecule has 6 nitrogen and oxygen atoms in total. The number of rotatable bonds is 5. The molecule has 1 N–H and O–H groups in total. The first-order chi connectivity index (χ1) is 14.5. The summed E-state index contributed by atoms with van der Waals surface area (Å²) in [6.07, 6.45) is 1.93. The molecule has 1 fully saturated rings. The quantitative estimate of drug-likeness (QED) is 0.610. The topological polar surface area (TPSA) is 71.0 Å². The van der Waals surface area contributed by atoms with Crippen LogP contribution < -0.4 is 10.1 Å². The molecule has 1 atom stereocenters. The number of Topliss-reactive ketones (excluding diaryl/α,β-unsaturated/α-hetero) is 1. The number of carbonyl (C=O) groups is 2. The van der Waals surface area contributed by atoms with E-state index in [0.29, 0.717) is 5.56 Å². The Bertz CT molecular complexity index is 989. The molecule has 0 aromatic heterocycles. The molecular weight excluding hydrogens is 378 g/mol. The molecule has 1 saturated heterocycles. The van der Waals surface area contributed by atoms with Crippen molar-refractivity contribution in [3.63, 3.8) is 0 Å². The van der Waals surface area contributed by atoms with Crippen LogP contribution in [0.4, 0.5) is 5.69 Å². The third kappa shape index (κ3) is 4.00. The van der Waals surface area contributed by atoms with Crippen molar-refractivity contribution in [1.29, 1.82) is 0 Å². The Morgan fingerprint density at radius 2 is 1.77 bits per heavy atom. The number of carbonyl (C=O) groups excluding carboxylic acids is 2. The average Bonchev–Trinajstić information content (AvgIpc) is 3.08. The Hall–Kier alpha value is -2.99. The zero-order valence-corrected chi connectivity index (χ0v) is 17.6. The summed E-state index contributed by atoms with van der Waals surface area (Å²) >= 11 is 0. The van der Waals surface area contributed by atoms with Gasteiger partial charge in [0.15, 0.2) is 5.78 Å². The second-order valence-corrected chi connectivity index (χ2v) is 8.06. The molecule has 0 radical (unpaired) electrons. The van der Waals surface area contributed by atoms with Gasteiger partial charge in [-0.25, -0.2) is 0 Å². The van der Waals surface area contributed by atoms with E-state index in [4.69, 9.17) is 9.73 Å². The zero-order valence-electron chi connectivity index (χ0n) is 17.6. The maximum atomic E-state index is 13.0. The van der Waals surface area contributed by atoms with E-state index in [1.807, 2.05) is 36.4 Å². The standard InChI is InChI=1S/C24H27N3O3/c1-15(28)17-6-9-21-20(14-17)22(24(29)26-21)23(16-4-7-19(30-3)8-5-16)25-18-10-12-27(2)13-11-18/h4-9,14,18,22H,10-13H2,1-3H3,(H,26,29). The Morgan fingerprint density at radius 1 is 1.10 bits per heavy atom. The maximum absolute atomic E-state index is 13.0. The number of piperidine rings is 1. The van der Waals surface area contributed by atoms with E-state index in [-0.39, 0.29) is 17.7 Å². The second-order valence-electron chi connectivity index (χ2n) is 8.06. The summed E-state index contributed by atoms with van der Waals surface area (Å²) in [6.45, 7) is 3.52. The molecule has 2 heterocycles. The number of ketones is 1. The molecule has 1 unspecified atom stereocenters. The number of methoxy groups -OCH3 is 1. The van der Waals surface area contributed by atoms with E-state index in [9.17, 15) is 9.59 Å². The normalized spacial score (nSPS) is 20.0. The number of fused-ring (bicyclic) bond motifs is 1. The first-order valence-electron chi connectivity index (χ1n) is 10.3. The van der Waals surface area contributed by atoms with Gasteiger partial charge in [-0.15, -0.1) is 0 Å². The summed E-state index contributed by atoms with van der Waals surface area (Å²) in [5, 5.41) is 2.97. The van der Waals surface area contributed by atoms with Gasteiger partial charge in [-0.1, -0.05) is 0 Å². The number of aliphatic imine (C=N–C) groups is 1. The zero-order chi connectivity index (χ0) is 21.3. The summed E-state index contributed by atoms with van der Waals surface area (Å²) in [5.74, 6) is 0.0993. The predicted molar refractivity (Wildman–Crippen MR) is 118 cm³/mol. The fraction of sp³-hybridized carbons (Fsp3) is 0.375. The smallest absolute Gasteiger partial charge is 0.238 e. The molecule has 0 saturated carbocycles. The summed E-state index contributed by atoms with van der Waals surface area (Å²) < 4.78 is 5.29. The first kappa shape index (κ1) is 20.3. The van der Waals surface area contributed by atoms with Crippen LogP contribution in [0.1, 0.15) is 47.2 Å². The first-order valence-corrected chi connectivity index (χ1v) is 10.3. The van der Waals surface area contributed by atoms with Crippen molar-refractivity contribution < 1.29 is 14.3 Å². The SMILES string of the molecule is COc1ccc(C(=NC2CCN(C)CC2)C2C(=O)Nc3ccc(C(C)=O)cc32)cc1. The Morgan fingerprint density at radius 3 is 2.40 bits per heavy atom. The highest BCUT2D eigenvalue weighted by atomic mass is 16.5. The fourth-order valence-corrected chi connectivity index (χ4v) is 4.15. The number of likely N-dealkylation sites (tertiary alicyclic amines) is 1. The average molecular weight is 405 g/mol. The van der Waals surface area contributed by atoms with Gasteiger partial charge in [-0.3, -0.25) is 14.6 Å². The van der Waals surface area contributed by atoms with Crippen molar-refractivity contribution in [2.24, 2.45) is 4.99 Å². The number of hydrogen-bond acceptors (Lipinski definition) is 5. The van der Waals surface area contributed by atoms with Crippen LogP contribution in [-0.2, 0) is 4.79 Å². The van der Waals surface area contributed by atoms with Crippen molar-refractivity contribution in [2.45, 2.75) is 31.7 Å². The Kier molecular flexibility index (Phi) is 5.68. The van der Waals surface area contributed by atoms with Crippen LogP contribution in [0.2, 0.25) is 0 Å². The van der Waals surface area contributed by atoms with E-state index in [2.05, 4.69) is 17.3 Å². The Balaban J connectivity index is 1.79. The molecule has 2 aromatic carbocycles. The highest BCUT2D eigenvalue weighted by Gasteiger charge is 2.36. The van der Waals surface area contributed by atoms with E-state index in [1.54, 1.807) is 13.2 Å². The lowest BCUT2D eigenvalue weighted by molar-refractivity contribution is -0.115. The lowest BCUT2D eigenvalue weighted by Gasteiger charge is -2.28. The predicted octanol–water partition coefficient (Wildman–Crippen LogP) is 3.52. The molecule has 1 amide bonds. The summed E-state index contributed by atoms with van der Waals surface area (Å²) in [4.78, 5) is 32.4. The third-order valence-electron chi connectivity index (χ3n) is 5.96. The van der Waals surface area contributed by atoms with Crippen molar-refractivity contribution >= 4 is 23.1 Å². The molecule has 4 rings (SSSR count). The molecule has 156 valence electrons. The lowest BCUT2D eigenvalue weighted by Crippen LogP contribution is -2.33. The van der Waals surface area contributed by atoms with Crippen LogP contribution >= 0.6 is 0 Å². The number of nitrogens with one attached hydrogen (secondary N) is 1. The van der Waals surface area contributed by atoms with Gasteiger partial charge in [0, 0.05) is 11.3 Å². The number of benzene rings is 2. The van der Waals surface area contributed by atoms with Gasteiger partial charge in [0.1, 0.15) is 11.7 Å². The molecule has 6 heteroatoms. The van der Waals surface area contributed by atoms with Crippen molar-refractivity contribution in [3.8, 4) is 5.75 Å². The van der Waals surface area contributed by atoms with E-state index >= 15 is 0 Å². The minimum absolute atomic E-state index is 0.0193. The number of anilines is 1. The van der Waals surface area contributed by atoms with Crippen LogP contribution in [0.3, 0.4) is 0 Å². The van der Waals surface area contributed by atoms with Crippen LogP contribution in [0.25, 0.3) is 0 Å². The number of amides is 1. The molecule has 2 aromatic rings. The van der Waals surface area contributed by atoms with Gasteiger partial charge in [0.2, 0.25) is 5.91 Å². The number of ether oxygens (including phenoxy) is 1. The van der Waals surface area contributed by atoms with Gasteiger partial charge in [-0.05, 0) is 93.5 Å². The van der Waals surface area contributed by atoms with Crippen molar-refractivity contribution in [1.82, 2.24) is 4.90 Å². The summed E-state index contributed by atoms with van der Waals surface area (Å²) in [5.41, 5.74) is 3.82. The molecule has 30 heavy (non-hydrogen) atoms. The number of nitrogens with zero attached hydrogens (tertiary/aromatic N) is 2. The third-order valence-corrected chi connectivity index (χ3v) is 5.96. The minimum atomic E-state index is -0.535. The maximum Gasteiger partial charge on any atom is 0.238 e. The van der Waals surface area contributed by atoms with E-state index < -0.39 is 5.92 Å². The molecule has 2 aliphatic rings. The fourth-order valence-electron chi connectivity index (χ4n) is 4.15. The van der Waals surface area contributed by atoms with E-state index in [1.165, 1.54) is 6.92 Å². The van der Waals surface area contributed by atoms with Gasteiger partial charge >= 0.3 is 0 Å². The minimum Gasteiger partial charge on any atom is -0.497 e. The van der Waals surface area contributed by atoms with Gasteiger partial charge in [0.05, 0.1) is 18.9 Å². The second kappa shape index (κ2) is 8.40. The molecule has 2 aliphatic heterocycles.